The predicted molar refractivity (Wildman–Crippen MR) is 77.1 cm³/mol. The van der Waals surface area contributed by atoms with Gasteiger partial charge in [-0.15, -0.1) is 0 Å². The summed E-state index contributed by atoms with van der Waals surface area (Å²) in [5, 5.41) is 0. The molecule has 0 saturated carbocycles. The van der Waals surface area contributed by atoms with Crippen molar-refractivity contribution in [3.63, 3.8) is 0 Å². The molecule has 1 aromatic rings. The number of hydrogen-bond acceptors (Lipinski definition) is 5. The largest absolute Gasteiger partial charge is 0.465 e. The minimum Gasteiger partial charge on any atom is -0.465 e. The van der Waals surface area contributed by atoms with Crippen molar-refractivity contribution in [2.75, 3.05) is 19.1 Å². The van der Waals surface area contributed by atoms with Gasteiger partial charge in [-0.1, -0.05) is 20.8 Å². The van der Waals surface area contributed by atoms with Crippen molar-refractivity contribution in [2.45, 2.75) is 20.8 Å². The normalized spacial score (nSPS) is 10.7. The summed E-state index contributed by atoms with van der Waals surface area (Å²) in [6, 6.07) is 5.94. The van der Waals surface area contributed by atoms with Gasteiger partial charge in [-0.25, -0.2) is 14.5 Å². The molecule has 2 amide bonds. The Balaban J connectivity index is 3.19. The molecule has 0 aliphatic heterocycles. The Morgan fingerprint density at radius 1 is 0.952 bits per heavy atom. The van der Waals surface area contributed by atoms with E-state index in [0.29, 0.717) is 11.3 Å². The van der Waals surface area contributed by atoms with Gasteiger partial charge in [0.2, 0.25) is 5.91 Å². The average Bonchev–Trinajstić information content (AvgIpc) is 2.46. The number of esters is 1. The first kappa shape index (κ1) is 16.7. The second-order valence-electron chi connectivity index (χ2n) is 5.40. The summed E-state index contributed by atoms with van der Waals surface area (Å²) >= 11 is 0. The number of benzene rings is 1. The van der Waals surface area contributed by atoms with Gasteiger partial charge in [-0.05, 0) is 24.3 Å². The number of imide groups is 1. The molecule has 0 bridgehead atoms. The van der Waals surface area contributed by atoms with Gasteiger partial charge in [0.1, 0.15) is 0 Å². The number of carbonyl (C=O) groups is 3. The maximum atomic E-state index is 12.4. The number of methoxy groups -OCH3 is 2. The van der Waals surface area contributed by atoms with E-state index in [0.717, 1.165) is 4.90 Å². The fourth-order valence-electron chi connectivity index (χ4n) is 1.60. The van der Waals surface area contributed by atoms with Crippen LogP contribution in [0.5, 0.6) is 0 Å². The molecule has 21 heavy (non-hydrogen) atoms. The summed E-state index contributed by atoms with van der Waals surface area (Å²) in [5.41, 5.74) is -0.0985. The number of nitrogens with zero attached hydrogens (tertiary/aromatic N) is 1. The van der Waals surface area contributed by atoms with E-state index in [1.54, 1.807) is 20.8 Å². The van der Waals surface area contributed by atoms with Crippen molar-refractivity contribution in [2.24, 2.45) is 5.41 Å². The quantitative estimate of drug-likeness (QED) is 0.784. The Bertz CT molecular complexity index is 542. The maximum Gasteiger partial charge on any atom is 0.420 e. The highest BCUT2D eigenvalue weighted by molar-refractivity contribution is 6.14. The van der Waals surface area contributed by atoms with Gasteiger partial charge in [-0.3, -0.25) is 4.79 Å². The Kier molecular flexibility index (Phi) is 5.07. The van der Waals surface area contributed by atoms with E-state index in [1.165, 1.54) is 38.5 Å². The highest BCUT2D eigenvalue weighted by Crippen LogP contribution is 2.24. The Hall–Kier alpha value is -2.37. The molecule has 1 rings (SSSR count). The van der Waals surface area contributed by atoms with Gasteiger partial charge in [0.05, 0.1) is 25.5 Å². The highest BCUT2D eigenvalue weighted by atomic mass is 16.5. The van der Waals surface area contributed by atoms with Crippen LogP contribution >= 0.6 is 0 Å². The summed E-state index contributed by atoms with van der Waals surface area (Å²) in [6.45, 7) is 5.11. The number of ether oxygens (including phenoxy) is 2. The molecule has 1 aromatic carbocycles. The van der Waals surface area contributed by atoms with Crippen LogP contribution in [0.4, 0.5) is 10.5 Å². The fourth-order valence-corrected chi connectivity index (χ4v) is 1.60. The second-order valence-corrected chi connectivity index (χ2v) is 5.40. The molecular formula is C15H19NO5. The first-order chi connectivity index (χ1) is 9.72. The van der Waals surface area contributed by atoms with E-state index in [2.05, 4.69) is 9.47 Å². The number of amides is 2. The molecule has 0 radical (unpaired) electrons. The second kappa shape index (κ2) is 6.39. The zero-order chi connectivity index (χ0) is 16.2. The summed E-state index contributed by atoms with van der Waals surface area (Å²) < 4.78 is 9.25. The van der Waals surface area contributed by atoms with Gasteiger partial charge in [0.15, 0.2) is 0 Å². The smallest absolute Gasteiger partial charge is 0.420 e. The van der Waals surface area contributed by atoms with Crippen molar-refractivity contribution >= 4 is 23.7 Å². The maximum absolute atomic E-state index is 12.4. The van der Waals surface area contributed by atoms with Crippen LogP contribution in [0.25, 0.3) is 0 Å². The van der Waals surface area contributed by atoms with Crippen LogP contribution in [0.1, 0.15) is 31.1 Å². The SMILES string of the molecule is COC(=O)c1ccc(N(C(=O)OC)C(=O)C(C)(C)C)cc1. The van der Waals surface area contributed by atoms with Crippen LogP contribution < -0.4 is 4.90 Å². The van der Waals surface area contributed by atoms with Crippen LogP contribution in [-0.4, -0.2) is 32.2 Å². The van der Waals surface area contributed by atoms with Crippen LogP contribution in [0.3, 0.4) is 0 Å². The van der Waals surface area contributed by atoms with Crippen molar-refractivity contribution in [1.82, 2.24) is 0 Å². The molecule has 0 fully saturated rings. The molecule has 0 N–H and O–H groups in total. The number of hydrogen-bond donors (Lipinski definition) is 0. The Labute approximate surface area is 123 Å². The molecular weight excluding hydrogens is 274 g/mol. The average molecular weight is 293 g/mol. The lowest BCUT2D eigenvalue weighted by molar-refractivity contribution is -0.125. The lowest BCUT2D eigenvalue weighted by atomic mass is 9.94. The van der Waals surface area contributed by atoms with Crippen LogP contribution in [0, 0.1) is 5.41 Å². The van der Waals surface area contributed by atoms with Crippen molar-refractivity contribution in [3.8, 4) is 0 Å². The fraction of sp³-hybridized carbons (Fsp3) is 0.400. The number of anilines is 1. The van der Waals surface area contributed by atoms with E-state index in [-0.39, 0.29) is 0 Å². The third-order valence-electron chi connectivity index (χ3n) is 2.75. The van der Waals surface area contributed by atoms with E-state index in [1.807, 2.05) is 0 Å². The van der Waals surface area contributed by atoms with Gasteiger partial charge < -0.3 is 9.47 Å². The monoisotopic (exact) mass is 293 g/mol. The number of carbonyl (C=O) groups excluding carboxylic acids is 3. The standard InChI is InChI=1S/C15H19NO5/c1-15(2,3)13(18)16(14(19)21-5)11-8-6-10(7-9-11)12(17)20-4/h6-9H,1-5H3. The molecule has 0 aromatic heterocycles. The first-order valence-corrected chi connectivity index (χ1v) is 6.33. The van der Waals surface area contributed by atoms with E-state index >= 15 is 0 Å². The minimum atomic E-state index is -0.777. The zero-order valence-corrected chi connectivity index (χ0v) is 12.8. The lowest BCUT2D eigenvalue weighted by Gasteiger charge is -2.26. The van der Waals surface area contributed by atoms with Gasteiger partial charge >= 0.3 is 12.1 Å². The molecule has 0 atom stereocenters. The third kappa shape index (κ3) is 3.81. The molecule has 0 heterocycles. The van der Waals surface area contributed by atoms with E-state index < -0.39 is 23.4 Å². The zero-order valence-electron chi connectivity index (χ0n) is 12.8. The van der Waals surface area contributed by atoms with Crippen LogP contribution in [0.2, 0.25) is 0 Å². The molecule has 114 valence electrons. The predicted octanol–water partition coefficient (Wildman–Crippen LogP) is 2.62. The molecule has 0 unspecified atom stereocenters. The molecule has 0 aliphatic rings. The van der Waals surface area contributed by atoms with Gasteiger partial charge in [-0.2, -0.15) is 0 Å². The van der Waals surface area contributed by atoms with Gasteiger partial charge in [0.25, 0.3) is 0 Å². The minimum absolute atomic E-state index is 0.328. The molecule has 6 heteroatoms. The Morgan fingerprint density at radius 3 is 1.86 bits per heavy atom. The van der Waals surface area contributed by atoms with Crippen molar-refractivity contribution < 1.29 is 23.9 Å². The topological polar surface area (TPSA) is 72.9 Å². The first-order valence-electron chi connectivity index (χ1n) is 6.33. The van der Waals surface area contributed by atoms with E-state index in [9.17, 15) is 14.4 Å². The Morgan fingerprint density at radius 2 is 1.48 bits per heavy atom. The van der Waals surface area contributed by atoms with Crippen LogP contribution in [0.15, 0.2) is 24.3 Å². The summed E-state index contributed by atoms with van der Waals surface area (Å²) in [5.74, 6) is -0.895. The molecule has 6 nitrogen and oxygen atoms in total. The van der Waals surface area contributed by atoms with E-state index in [4.69, 9.17) is 0 Å². The van der Waals surface area contributed by atoms with Crippen LogP contribution in [-0.2, 0) is 14.3 Å². The van der Waals surface area contributed by atoms with Gasteiger partial charge in [0, 0.05) is 5.41 Å². The molecule has 0 aliphatic carbocycles. The molecule has 0 saturated heterocycles. The van der Waals surface area contributed by atoms with Crippen molar-refractivity contribution in [1.29, 1.82) is 0 Å². The molecule has 0 spiro atoms. The summed E-state index contributed by atoms with van der Waals surface area (Å²) in [4.78, 5) is 36.6. The summed E-state index contributed by atoms with van der Waals surface area (Å²) in [7, 11) is 2.48. The third-order valence-corrected chi connectivity index (χ3v) is 2.75. The van der Waals surface area contributed by atoms with Crippen molar-refractivity contribution in [3.05, 3.63) is 29.8 Å². The number of rotatable bonds is 2. The lowest BCUT2D eigenvalue weighted by Crippen LogP contribution is -2.43. The summed E-state index contributed by atoms with van der Waals surface area (Å²) in [6.07, 6.45) is -0.777. The highest BCUT2D eigenvalue weighted by Gasteiger charge is 2.33.